The number of carbonyl (C=O) groups excluding carboxylic acids is 1. The Balaban J connectivity index is 2.07. The molecule has 0 radical (unpaired) electrons. The van der Waals surface area contributed by atoms with Crippen molar-refractivity contribution in [2.45, 2.75) is 20.0 Å². The zero-order chi connectivity index (χ0) is 16.4. The number of furan rings is 1. The number of aryl methyl sites for hydroxylation is 1. The van der Waals surface area contributed by atoms with Crippen molar-refractivity contribution < 1.29 is 19.1 Å². The molecule has 1 unspecified atom stereocenters. The molecule has 2 aromatic carbocycles. The summed E-state index contributed by atoms with van der Waals surface area (Å²) in [5, 5.41) is 11.2. The predicted octanol–water partition coefficient (Wildman–Crippen LogP) is 4.00. The first-order valence-electron chi connectivity index (χ1n) is 7.55. The second-order valence-corrected chi connectivity index (χ2v) is 5.32. The third kappa shape index (κ3) is 2.85. The highest BCUT2D eigenvalue weighted by Gasteiger charge is 2.21. The first-order chi connectivity index (χ1) is 11.1. The molecule has 1 atom stereocenters. The summed E-state index contributed by atoms with van der Waals surface area (Å²) in [6.07, 6.45) is -0.758. The quantitative estimate of drug-likeness (QED) is 0.740. The van der Waals surface area contributed by atoms with Crippen molar-refractivity contribution in [3.63, 3.8) is 0 Å². The molecule has 0 amide bonds. The minimum atomic E-state index is -0.758. The summed E-state index contributed by atoms with van der Waals surface area (Å²) >= 11 is 0. The van der Waals surface area contributed by atoms with Crippen LogP contribution >= 0.6 is 0 Å². The summed E-state index contributed by atoms with van der Waals surface area (Å²) < 4.78 is 10.7. The van der Waals surface area contributed by atoms with E-state index in [0.717, 1.165) is 5.56 Å². The van der Waals surface area contributed by atoms with Crippen LogP contribution in [0, 0.1) is 6.92 Å². The van der Waals surface area contributed by atoms with Crippen LogP contribution in [0.1, 0.15) is 40.3 Å². The van der Waals surface area contributed by atoms with Crippen LogP contribution in [0.25, 0.3) is 11.0 Å². The summed E-state index contributed by atoms with van der Waals surface area (Å²) in [6, 6.07) is 14.7. The Morgan fingerprint density at radius 3 is 2.61 bits per heavy atom. The van der Waals surface area contributed by atoms with Gasteiger partial charge in [0.05, 0.1) is 6.61 Å². The molecule has 0 bridgehead atoms. The van der Waals surface area contributed by atoms with E-state index < -0.39 is 12.1 Å². The highest BCUT2D eigenvalue weighted by molar-refractivity contribution is 6.04. The maximum Gasteiger partial charge on any atom is 0.342 e. The van der Waals surface area contributed by atoms with E-state index in [9.17, 15) is 9.90 Å². The van der Waals surface area contributed by atoms with Gasteiger partial charge in [-0.05, 0) is 37.1 Å². The largest absolute Gasteiger partial charge is 0.462 e. The van der Waals surface area contributed by atoms with Gasteiger partial charge in [0.25, 0.3) is 0 Å². The van der Waals surface area contributed by atoms with Gasteiger partial charge in [-0.15, -0.1) is 0 Å². The van der Waals surface area contributed by atoms with Gasteiger partial charge in [-0.25, -0.2) is 4.79 Å². The average Bonchev–Trinajstić information content (AvgIpc) is 2.90. The van der Waals surface area contributed by atoms with Crippen LogP contribution in [-0.4, -0.2) is 17.7 Å². The monoisotopic (exact) mass is 310 g/mol. The molecule has 23 heavy (non-hydrogen) atoms. The molecule has 1 heterocycles. The van der Waals surface area contributed by atoms with Crippen molar-refractivity contribution in [1.82, 2.24) is 0 Å². The standard InChI is InChI=1S/C19H18O4/c1-3-22-19(21)17-12(2)23-16-10-9-14(11-15(16)17)18(20)13-7-5-4-6-8-13/h4-11,18,20H,3H2,1-2H3. The maximum absolute atomic E-state index is 12.1. The van der Waals surface area contributed by atoms with Gasteiger partial charge in [0.1, 0.15) is 23.0 Å². The Bertz CT molecular complexity index is 833. The van der Waals surface area contributed by atoms with Crippen molar-refractivity contribution in [2.75, 3.05) is 6.61 Å². The third-order valence-electron chi connectivity index (χ3n) is 3.80. The zero-order valence-electron chi connectivity index (χ0n) is 13.1. The first-order valence-corrected chi connectivity index (χ1v) is 7.55. The fraction of sp³-hybridized carbons (Fsp3) is 0.211. The van der Waals surface area contributed by atoms with Crippen LogP contribution in [-0.2, 0) is 4.74 Å². The Labute approximate surface area is 134 Å². The number of esters is 1. The number of hydrogen-bond acceptors (Lipinski definition) is 4. The number of hydrogen-bond donors (Lipinski definition) is 1. The minimum Gasteiger partial charge on any atom is -0.462 e. The van der Waals surface area contributed by atoms with E-state index in [0.29, 0.717) is 34.5 Å². The van der Waals surface area contributed by atoms with E-state index in [1.54, 1.807) is 32.0 Å². The molecule has 0 aliphatic heterocycles. The third-order valence-corrected chi connectivity index (χ3v) is 3.80. The molecule has 0 aliphatic carbocycles. The second-order valence-electron chi connectivity index (χ2n) is 5.32. The molecule has 3 aromatic rings. The topological polar surface area (TPSA) is 59.7 Å². The smallest absolute Gasteiger partial charge is 0.342 e. The van der Waals surface area contributed by atoms with Crippen LogP contribution in [0.15, 0.2) is 52.9 Å². The van der Waals surface area contributed by atoms with Crippen LogP contribution in [0.5, 0.6) is 0 Å². The van der Waals surface area contributed by atoms with Crippen molar-refractivity contribution >= 4 is 16.9 Å². The van der Waals surface area contributed by atoms with Gasteiger partial charge in [0, 0.05) is 5.39 Å². The molecule has 0 saturated carbocycles. The van der Waals surface area contributed by atoms with Gasteiger partial charge in [-0.1, -0.05) is 36.4 Å². The Hall–Kier alpha value is -2.59. The SMILES string of the molecule is CCOC(=O)c1c(C)oc2ccc(C(O)c3ccccc3)cc12. The van der Waals surface area contributed by atoms with E-state index in [2.05, 4.69) is 0 Å². The number of carbonyl (C=O) groups is 1. The lowest BCUT2D eigenvalue weighted by Gasteiger charge is -2.11. The lowest BCUT2D eigenvalue weighted by atomic mass is 9.99. The molecule has 118 valence electrons. The Kier molecular flexibility index (Phi) is 4.17. The Morgan fingerprint density at radius 2 is 1.91 bits per heavy atom. The number of fused-ring (bicyclic) bond motifs is 1. The summed E-state index contributed by atoms with van der Waals surface area (Å²) in [5.41, 5.74) is 2.53. The van der Waals surface area contributed by atoms with Crippen LogP contribution in [0.4, 0.5) is 0 Å². The molecular formula is C19H18O4. The molecule has 0 aliphatic rings. The van der Waals surface area contributed by atoms with Crippen LogP contribution < -0.4 is 0 Å². The molecule has 0 fully saturated rings. The highest BCUT2D eigenvalue weighted by atomic mass is 16.5. The van der Waals surface area contributed by atoms with Gasteiger partial charge in [-0.2, -0.15) is 0 Å². The van der Waals surface area contributed by atoms with Gasteiger partial charge in [-0.3, -0.25) is 0 Å². The van der Waals surface area contributed by atoms with E-state index in [1.165, 1.54) is 0 Å². The summed E-state index contributed by atoms with van der Waals surface area (Å²) in [6.45, 7) is 3.80. The van der Waals surface area contributed by atoms with Gasteiger partial charge < -0.3 is 14.3 Å². The van der Waals surface area contributed by atoms with Gasteiger partial charge in [0.15, 0.2) is 0 Å². The molecule has 0 spiro atoms. The van der Waals surface area contributed by atoms with Crippen molar-refractivity contribution in [1.29, 1.82) is 0 Å². The molecule has 1 N–H and O–H groups in total. The Morgan fingerprint density at radius 1 is 1.17 bits per heavy atom. The highest BCUT2D eigenvalue weighted by Crippen LogP contribution is 2.30. The van der Waals surface area contributed by atoms with Gasteiger partial charge in [0.2, 0.25) is 0 Å². The van der Waals surface area contributed by atoms with E-state index in [4.69, 9.17) is 9.15 Å². The first kappa shape index (κ1) is 15.3. The number of rotatable bonds is 4. The van der Waals surface area contributed by atoms with Crippen LogP contribution in [0.2, 0.25) is 0 Å². The molecule has 1 aromatic heterocycles. The maximum atomic E-state index is 12.1. The normalized spacial score (nSPS) is 12.3. The lowest BCUT2D eigenvalue weighted by Crippen LogP contribution is -2.05. The predicted molar refractivity (Wildman–Crippen MR) is 87.4 cm³/mol. The second kappa shape index (κ2) is 6.26. The number of aliphatic hydroxyl groups is 1. The van der Waals surface area contributed by atoms with E-state index >= 15 is 0 Å². The molecule has 3 rings (SSSR count). The molecule has 4 heteroatoms. The van der Waals surface area contributed by atoms with Gasteiger partial charge >= 0.3 is 5.97 Å². The average molecular weight is 310 g/mol. The minimum absolute atomic E-state index is 0.303. The van der Waals surface area contributed by atoms with Crippen LogP contribution in [0.3, 0.4) is 0 Å². The zero-order valence-corrected chi connectivity index (χ0v) is 13.1. The van der Waals surface area contributed by atoms with E-state index in [-0.39, 0.29) is 0 Å². The fourth-order valence-corrected chi connectivity index (χ4v) is 2.69. The fourth-order valence-electron chi connectivity index (χ4n) is 2.69. The van der Waals surface area contributed by atoms with Crippen molar-refractivity contribution in [3.05, 3.63) is 71.0 Å². The summed E-state index contributed by atoms with van der Waals surface area (Å²) in [4.78, 5) is 12.1. The van der Waals surface area contributed by atoms with Crippen molar-refractivity contribution in [2.24, 2.45) is 0 Å². The summed E-state index contributed by atoms with van der Waals surface area (Å²) in [7, 11) is 0. The summed E-state index contributed by atoms with van der Waals surface area (Å²) in [5.74, 6) is 0.111. The molecular weight excluding hydrogens is 292 g/mol. The lowest BCUT2D eigenvalue weighted by molar-refractivity contribution is 0.0526. The molecule has 0 saturated heterocycles. The number of ether oxygens (including phenoxy) is 1. The van der Waals surface area contributed by atoms with E-state index in [1.807, 2.05) is 30.3 Å². The van der Waals surface area contributed by atoms with Crippen molar-refractivity contribution in [3.8, 4) is 0 Å². The number of benzene rings is 2. The molecule has 4 nitrogen and oxygen atoms in total. The number of aliphatic hydroxyl groups excluding tert-OH is 1.